The van der Waals surface area contributed by atoms with Crippen LogP contribution in [0.2, 0.25) is 0 Å². The van der Waals surface area contributed by atoms with Crippen LogP contribution in [0.15, 0.2) is 18.2 Å². The number of nitrogens with zero attached hydrogens (tertiary/aromatic N) is 1. The zero-order valence-corrected chi connectivity index (χ0v) is 6.82. The molecule has 2 rings (SSSR count). The maximum absolute atomic E-state index is 11.5. The lowest BCUT2D eigenvalue weighted by Gasteiger charge is -2.02. The van der Waals surface area contributed by atoms with Crippen LogP contribution in [-0.4, -0.2) is 15.9 Å². The molecular weight excluding hydrogens is 166 g/mol. The predicted octanol–water partition coefficient (Wildman–Crippen LogP) is 0.939. The number of fused-ring (bicyclic) bond motifs is 1. The van der Waals surface area contributed by atoms with Crippen molar-refractivity contribution >= 4 is 5.91 Å². The van der Waals surface area contributed by atoms with E-state index in [0.29, 0.717) is 12.1 Å². The third-order valence-corrected chi connectivity index (χ3v) is 2.05. The van der Waals surface area contributed by atoms with Crippen LogP contribution in [0.3, 0.4) is 0 Å². The van der Waals surface area contributed by atoms with E-state index in [9.17, 15) is 4.79 Å². The molecule has 0 aliphatic carbocycles. The number of phenols is 1. The van der Waals surface area contributed by atoms with Gasteiger partial charge in [-0.1, -0.05) is 12.5 Å². The van der Waals surface area contributed by atoms with Crippen molar-refractivity contribution in [1.29, 1.82) is 0 Å². The Hall–Kier alpha value is -1.95. The van der Waals surface area contributed by atoms with Crippen LogP contribution in [0.25, 0.3) is 0 Å². The second kappa shape index (κ2) is 2.53. The van der Waals surface area contributed by atoms with Gasteiger partial charge in [-0.25, -0.2) is 0 Å². The Morgan fingerprint density at radius 1 is 1.54 bits per heavy atom. The van der Waals surface area contributed by atoms with Gasteiger partial charge in [0.05, 0.1) is 6.54 Å². The smallest absolute Gasteiger partial charge is 0.266 e. The molecule has 1 aliphatic rings. The topological polar surface area (TPSA) is 40.5 Å². The molecule has 0 spiro atoms. The fraction of sp³-hybridized carbons (Fsp3) is 0.100. The zero-order chi connectivity index (χ0) is 9.42. The van der Waals surface area contributed by atoms with Crippen LogP contribution in [0.5, 0.6) is 5.75 Å². The number of amides is 1. The SMILES string of the molecule is C#CN1Cc2ccc(O)cc2C1=O. The van der Waals surface area contributed by atoms with Gasteiger partial charge in [-0.2, -0.15) is 0 Å². The molecule has 3 heteroatoms. The minimum Gasteiger partial charge on any atom is -0.508 e. The van der Waals surface area contributed by atoms with Crippen LogP contribution >= 0.6 is 0 Å². The van der Waals surface area contributed by atoms with E-state index in [0.717, 1.165) is 5.56 Å². The van der Waals surface area contributed by atoms with Gasteiger partial charge < -0.3 is 5.11 Å². The number of rotatable bonds is 0. The van der Waals surface area contributed by atoms with Crippen LogP contribution < -0.4 is 0 Å². The number of carbonyl (C=O) groups excluding carboxylic acids is 1. The lowest BCUT2D eigenvalue weighted by Crippen LogP contribution is -2.16. The second-order valence-electron chi connectivity index (χ2n) is 2.86. The van der Waals surface area contributed by atoms with E-state index < -0.39 is 0 Å². The lowest BCUT2D eigenvalue weighted by molar-refractivity contribution is 0.0854. The number of benzene rings is 1. The van der Waals surface area contributed by atoms with Gasteiger partial charge in [0.2, 0.25) is 0 Å². The monoisotopic (exact) mass is 173 g/mol. The first-order chi connectivity index (χ1) is 6.22. The molecule has 1 aliphatic heterocycles. The molecule has 0 atom stereocenters. The maximum atomic E-state index is 11.5. The summed E-state index contributed by atoms with van der Waals surface area (Å²) in [6.45, 7) is 0.435. The lowest BCUT2D eigenvalue weighted by atomic mass is 10.1. The van der Waals surface area contributed by atoms with Crippen LogP contribution in [-0.2, 0) is 6.54 Å². The summed E-state index contributed by atoms with van der Waals surface area (Å²) >= 11 is 0. The Labute approximate surface area is 75.6 Å². The first kappa shape index (κ1) is 7.69. The van der Waals surface area contributed by atoms with Crippen molar-refractivity contribution in [1.82, 2.24) is 4.90 Å². The van der Waals surface area contributed by atoms with Gasteiger partial charge in [-0.05, 0) is 17.7 Å². The number of hydrogen-bond acceptors (Lipinski definition) is 2. The summed E-state index contributed by atoms with van der Waals surface area (Å²) < 4.78 is 0. The third kappa shape index (κ3) is 1.04. The minimum absolute atomic E-state index is 0.0889. The van der Waals surface area contributed by atoms with Gasteiger partial charge in [0.15, 0.2) is 0 Å². The largest absolute Gasteiger partial charge is 0.508 e. The maximum Gasteiger partial charge on any atom is 0.266 e. The molecule has 0 fully saturated rings. The van der Waals surface area contributed by atoms with Gasteiger partial charge in [0, 0.05) is 11.6 Å². The summed E-state index contributed by atoms with van der Waals surface area (Å²) in [6, 6.07) is 6.98. The van der Waals surface area contributed by atoms with Crippen LogP contribution in [0.4, 0.5) is 0 Å². The van der Waals surface area contributed by atoms with E-state index >= 15 is 0 Å². The van der Waals surface area contributed by atoms with E-state index in [-0.39, 0.29) is 11.7 Å². The predicted molar refractivity (Wildman–Crippen MR) is 46.8 cm³/mol. The highest BCUT2D eigenvalue weighted by Crippen LogP contribution is 2.25. The van der Waals surface area contributed by atoms with Crippen LogP contribution in [0, 0.1) is 12.5 Å². The van der Waals surface area contributed by atoms with Crippen LogP contribution in [0.1, 0.15) is 15.9 Å². The van der Waals surface area contributed by atoms with Crippen molar-refractivity contribution in [2.45, 2.75) is 6.54 Å². The fourth-order valence-corrected chi connectivity index (χ4v) is 1.39. The molecule has 1 heterocycles. The molecule has 1 aromatic rings. The first-order valence-corrected chi connectivity index (χ1v) is 3.82. The molecule has 1 amide bonds. The number of aromatic hydroxyl groups is 1. The highest BCUT2D eigenvalue weighted by Gasteiger charge is 2.26. The Kier molecular flexibility index (Phi) is 1.49. The van der Waals surface area contributed by atoms with Crippen molar-refractivity contribution in [2.75, 3.05) is 0 Å². The zero-order valence-electron chi connectivity index (χ0n) is 6.82. The van der Waals surface area contributed by atoms with E-state index in [1.165, 1.54) is 11.0 Å². The van der Waals surface area contributed by atoms with Gasteiger partial charge in [0.1, 0.15) is 5.75 Å². The Balaban J connectivity index is 2.52. The van der Waals surface area contributed by atoms with E-state index in [1.807, 2.05) is 0 Å². The normalized spacial score (nSPS) is 14.1. The summed E-state index contributed by atoms with van der Waals surface area (Å²) in [5.74, 6) is -0.126. The minimum atomic E-state index is -0.214. The highest BCUT2D eigenvalue weighted by molar-refractivity contribution is 5.99. The molecule has 1 N–H and O–H groups in total. The van der Waals surface area contributed by atoms with Crippen molar-refractivity contribution in [2.24, 2.45) is 0 Å². The average Bonchev–Trinajstić information content (AvgIpc) is 2.44. The third-order valence-electron chi connectivity index (χ3n) is 2.05. The van der Waals surface area contributed by atoms with E-state index in [1.54, 1.807) is 12.1 Å². The molecule has 0 saturated carbocycles. The Morgan fingerprint density at radius 3 is 3.00 bits per heavy atom. The molecule has 0 bridgehead atoms. The molecule has 0 unspecified atom stereocenters. The molecule has 64 valence electrons. The molecule has 13 heavy (non-hydrogen) atoms. The van der Waals surface area contributed by atoms with E-state index in [4.69, 9.17) is 11.5 Å². The fourth-order valence-electron chi connectivity index (χ4n) is 1.39. The number of phenolic OH excluding ortho intramolecular Hbond substituents is 1. The van der Waals surface area contributed by atoms with Gasteiger partial charge in [0.25, 0.3) is 5.91 Å². The van der Waals surface area contributed by atoms with Gasteiger partial charge in [-0.3, -0.25) is 9.69 Å². The number of terminal acetylenes is 1. The molecule has 3 nitrogen and oxygen atoms in total. The molecular formula is C10H7NO2. The Morgan fingerprint density at radius 2 is 2.31 bits per heavy atom. The summed E-state index contributed by atoms with van der Waals surface area (Å²) in [7, 11) is 0. The number of carbonyl (C=O) groups is 1. The van der Waals surface area contributed by atoms with Crippen molar-refractivity contribution < 1.29 is 9.90 Å². The summed E-state index contributed by atoms with van der Waals surface area (Å²) in [5.41, 5.74) is 1.36. The molecule has 0 radical (unpaired) electrons. The summed E-state index contributed by atoms with van der Waals surface area (Å²) in [5, 5.41) is 9.15. The van der Waals surface area contributed by atoms with Crippen molar-refractivity contribution in [3.63, 3.8) is 0 Å². The quantitative estimate of drug-likeness (QED) is 0.593. The highest BCUT2D eigenvalue weighted by atomic mass is 16.3. The second-order valence-corrected chi connectivity index (χ2v) is 2.86. The molecule has 0 saturated heterocycles. The standard InChI is InChI=1S/C10H7NO2/c1-2-11-6-7-3-4-8(12)5-9(7)10(11)13/h1,3-5,12H,6H2. The van der Waals surface area contributed by atoms with Crippen molar-refractivity contribution in [3.8, 4) is 18.2 Å². The molecule has 0 aromatic heterocycles. The van der Waals surface area contributed by atoms with Gasteiger partial charge in [-0.15, -0.1) is 0 Å². The molecule has 1 aromatic carbocycles. The van der Waals surface area contributed by atoms with Gasteiger partial charge >= 0.3 is 0 Å². The Bertz CT molecular complexity index is 417. The van der Waals surface area contributed by atoms with E-state index in [2.05, 4.69) is 6.04 Å². The average molecular weight is 173 g/mol. The first-order valence-electron chi connectivity index (χ1n) is 3.82. The number of hydrogen-bond donors (Lipinski definition) is 1. The summed E-state index contributed by atoms with van der Waals surface area (Å²) in [4.78, 5) is 12.7. The summed E-state index contributed by atoms with van der Waals surface area (Å²) in [6.07, 6.45) is 5.13. The van der Waals surface area contributed by atoms with Crippen molar-refractivity contribution in [3.05, 3.63) is 29.3 Å².